The third-order valence-corrected chi connectivity index (χ3v) is 2.66. The average molecular weight is 282 g/mol. The molecule has 0 aromatic carbocycles. The molecule has 0 aliphatic rings. The van der Waals surface area contributed by atoms with E-state index in [1.807, 2.05) is 27.7 Å². The highest BCUT2D eigenvalue weighted by Crippen LogP contribution is 2.17. The molecule has 0 radical (unpaired) electrons. The van der Waals surface area contributed by atoms with Crippen LogP contribution in [0.1, 0.15) is 57.0 Å². The van der Waals surface area contributed by atoms with Crippen molar-refractivity contribution in [2.45, 2.75) is 52.2 Å². The first kappa shape index (κ1) is 16.2. The summed E-state index contributed by atoms with van der Waals surface area (Å²) in [6.07, 6.45) is 0. The van der Waals surface area contributed by atoms with Crippen molar-refractivity contribution in [1.29, 1.82) is 0 Å². The molecule has 2 atom stereocenters. The second kappa shape index (κ2) is 6.09. The molecule has 112 valence electrons. The molecule has 3 N–H and O–H groups in total. The normalized spacial score (nSPS) is 14.7. The van der Waals surface area contributed by atoms with E-state index in [1.54, 1.807) is 13.0 Å². The molecule has 20 heavy (non-hydrogen) atoms. The van der Waals surface area contributed by atoms with Crippen LogP contribution in [0.15, 0.2) is 16.5 Å². The number of carbonyl (C=O) groups excluding carboxylic acids is 1. The van der Waals surface area contributed by atoms with Crippen LogP contribution in [0, 0.1) is 0 Å². The molecule has 1 aromatic heterocycles. The van der Waals surface area contributed by atoms with Crippen LogP contribution in [0.5, 0.6) is 0 Å². The molecule has 6 heteroatoms. The molecule has 0 saturated carbocycles. The lowest BCUT2D eigenvalue weighted by atomic mass is 10.1. The van der Waals surface area contributed by atoms with Gasteiger partial charge in [-0.3, -0.25) is 10.1 Å². The molecule has 2 unspecified atom stereocenters. The van der Waals surface area contributed by atoms with E-state index in [2.05, 4.69) is 10.6 Å². The topological polar surface area (TPSA) is 91.6 Å². The number of carboxylic acids is 1. The van der Waals surface area contributed by atoms with Crippen LogP contribution in [-0.4, -0.2) is 28.6 Å². The summed E-state index contributed by atoms with van der Waals surface area (Å²) < 4.78 is 5.19. The van der Waals surface area contributed by atoms with Gasteiger partial charge in [0.15, 0.2) is 0 Å². The second-order valence-corrected chi connectivity index (χ2v) is 5.86. The van der Waals surface area contributed by atoms with Gasteiger partial charge < -0.3 is 14.8 Å². The Hall–Kier alpha value is -1.82. The maximum Gasteiger partial charge on any atom is 0.371 e. The van der Waals surface area contributed by atoms with Gasteiger partial charge in [-0.25, -0.2) is 4.79 Å². The summed E-state index contributed by atoms with van der Waals surface area (Å²) in [5.41, 5.74) is -0.294. The van der Waals surface area contributed by atoms with E-state index in [-0.39, 0.29) is 23.2 Å². The minimum absolute atomic E-state index is 0.111. The summed E-state index contributed by atoms with van der Waals surface area (Å²) in [4.78, 5) is 22.7. The van der Waals surface area contributed by atoms with E-state index in [0.717, 1.165) is 0 Å². The first-order valence-corrected chi connectivity index (χ1v) is 6.51. The zero-order valence-electron chi connectivity index (χ0n) is 12.5. The Morgan fingerprint density at radius 3 is 2.30 bits per heavy atom. The molecular weight excluding hydrogens is 260 g/mol. The van der Waals surface area contributed by atoms with Crippen molar-refractivity contribution in [1.82, 2.24) is 10.6 Å². The van der Waals surface area contributed by atoms with Gasteiger partial charge >= 0.3 is 5.97 Å². The Morgan fingerprint density at radius 1 is 1.25 bits per heavy atom. The van der Waals surface area contributed by atoms with Gasteiger partial charge in [0, 0.05) is 5.54 Å². The summed E-state index contributed by atoms with van der Waals surface area (Å²) in [6, 6.07) is 2.32. The van der Waals surface area contributed by atoms with Crippen molar-refractivity contribution < 1.29 is 19.1 Å². The molecule has 1 amide bonds. The van der Waals surface area contributed by atoms with Crippen molar-refractivity contribution in [3.63, 3.8) is 0 Å². The van der Waals surface area contributed by atoms with Gasteiger partial charge in [0.1, 0.15) is 5.76 Å². The van der Waals surface area contributed by atoms with E-state index in [0.29, 0.717) is 5.76 Å². The van der Waals surface area contributed by atoms with Crippen LogP contribution >= 0.6 is 0 Å². The molecule has 0 aliphatic carbocycles. The maximum absolute atomic E-state index is 11.9. The zero-order valence-corrected chi connectivity index (χ0v) is 12.5. The van der Waals surface area contributed by atoms with E-state index in [9.17, 15) is 9.59 Å². The van der Waals surface area contributed by atoms with Crippen LogP contribution in [0.2, 0.25) is 0 Å². The number of hydrogen-bond acceptors (Lipinski definition) is 4. The Labute approximate surface area is 118 Å². The maximum atomic E-state index is 11.9. The highest BCUT2D eigenvalue weighted by atomic mass is 16.4. The standard InChI is InChI=1S/C14H22N2O4/c1-8(10-6-7-11(20-10)13(18)19)15-9(2)12(17)16-14(3,4)5/h6-9,15H,1-5H3,(H,16,17)(H,18,19). The number of hydrogen-bond donors (Lipinski definition) is 3. The highest BCUT2D eigenvalue weighted by Gasteiger charge is 2.22. The zero-order chi connectivity index (χ0) is 15.5. The summed E-state index contributed by atoms with van der Waals surface area (Å²) >= 11 is 0. The third-order valence-electron chi connectivity index (χ3n) is 2.66. The molecule has 6 nitrogen and oxygen atoms in total. The monoisotopic (exact) mass is 282 g/mol. The van der Waals surface area contributed by atoms with Gasteiger partial charge in [-0.05, 0) is 46.8 Å². The van der Waals surface area contributed by atoms with Gasteiger partial charge in [0.25, 0.3) is 0 Å². The number of carbonyl (C=O) groups is 2. The van der Waals surface area contributed by atoms with Crippen molar-refractivity contribution in [2.75, 3.05) is 0 Å². The molecule has 0 spiro atoms. The first-order valence-electron chi connectivity index (χ1n) is 6.51. The van der Waals surface area contributed by atoms with E-state index in [4.69, 9.17) is 9.52 Å². The van der Waals surface area contributed by atoms with Gasteiger partial charge in [-0.15, -0.1) is 0 Å². The lowest BCUT2D eigenvalue weighted by Crippen LogP contribution is -2.49. The van der Waals surface area contributed by atoms with Crippen molar-refractivity contribution in [2.24, 2.45) is 0 Å². The third kappa shape index (κ3) is 4.70. The molecule has 0 bridgehead atoms. The van der Waals surface area contributed by atoms with Crippen LogP contribution in [0.3, 0.4) is 0 Å². The second-order valence-electron chi connectivity index (χ2n) is 5.86. The fourth-order valence-electron chi connectivity index (χ4n) is 1.71. The quantitative estimate of drug-likeness (QED) is 0.767. The lowest BCUT2D eigenvalue weighted by molar-refractivity contribution is -0.124. The Morgan fingerprint density at radius 2 is 1.85 bits per heavy atom. The minimum Gasteiger partial charge on any atom is -0.475 e. The number of rotatable bonds is 5. The van der Waals surface area contributed by atoms with E-state index < -0.39 is 12.0 Å². The summed E-state index contributed by atoms with van der Waals surface area (Å²) in [7, 11) is 0. The van der Waals surface area contributed by atoms with Crippen molar-refractivity contribution >= 4 is 11.9 Å². The Bertz CT molecular complexity index is 488. The van der Waals surface area contributed by atoms with Crippen LogP contribution in [-0.2, 0) is 4.79 Å². The number of furan rings is 1. The summed E-state index contributed by atoms with van der Waals surface area (Å²) in [6.45, 7) is 9.29. The van der Waals surface area contributed by atoms with Gasteiger partial charge in [0.05, 0.1) is 12.1 Å². The first-order chi connectivity index (χ1) is 9.10. The SMILES string of the molecule is CC(NC(C)c1ccc(C(=O)O)o1)C(=O)NC(C)(C)C. The summed E-state index contributed by atoms with van der Waals surface area (Å²) in [5, 5.41) is 14.7. The number of aromatic carboxylic acids is 1. The lowest BCUT2D eigenvalue weighted by Gasteiger charge is -2.25. The largest absolute Gasteiger partial charge is 0.475 e. The predicted molar refractivity (Wildman–Crippen MR) is 74.6 cm³/mol. The van der Waals surface area contributed by atoms with E-state index in [1.165, 1.54) is 6.07 Å². The van der Waals surface area contributed by atoms with Crippen molar-refractivity contribution in [3.8, 4) is 0 Å². The number of carboxylic acid groups (broad SMARTS) is 1. The van der Waals surface area contributed by atoms with Crippen LogP contribution < -0.4 is 10.6 Å². The number of nitrogens with one attached hydrogen (secondary N) is 2. The van der Waals surface area contributed by atoms with Crippen molar-refractivity contribution in [3.05, 3.63) is 23.7 Å². The molecule has 0 saturated heterocycles. The van der Waals surface area contributed by atoms with E-state index >= 15 is 0 Å². The Balaban J connectivity index is 2.62. The molecule has 1 heterocycles. The fourth-order valence-corrected chi connectivity index (χ4v) is 1.71. The fraction of sp³-hybridized carbons (Fsp3) is 0.571. The van der Waals surface area contributed by atoms with Crippen LogP contribution in [0.25, 0.3) is 0 Å². The molecule has 1 rings (SSSR count). The predicted octanol–water partition coefficient (Wildman–Crippen LogP) is 1.93. The minimum atomic E-state index is -1.11. The summed E-state index contributed by atoms with van der Waals surface area (Å²) in [5.74, 6) is -0.852. The molecule has 0 fully saturated rings. The Kier molecular flexibility index (Phi) is 4.94. The average Bonchev–Trinajstić information content (AvgIpc) is 2.75. The van der Waals surface area contributed by atoms with Crippen LogP contribution in [0.4, 0.5) is 0 Å². The van der Waals surface area contributed by atoms with Gasteiger partial charge in [-0.2, -0.15) is 0 Å². The smallest absolute Gasteiger partial charge is 0.371 e. The highest BCUT2D eigenvalue weighted by molar-refractivity contribution is 5.84. The molecular formula is C14H22N2O4. The van der Waals surface area contributed by atoms with Gasteiger partial charge in [0.2, 0.25) is 11.7 Å². The molecule has 1 aromatic rings. The molecule has 0 aliphatic heterocycles. The van der Waals surface area contributed by atoms with Gasteiger partial charge in [-0.1, -0.05) is 0 Å². The number of amides is 1.